The van der Waals surface area contributed by atoms with Crippen LogP contribution in [0.2, 0.25) is 0 Å². The lowest BCUT2D eigenvalue weighted by atomic mass is 9.33. The predicted octanol–water partition coefficient (Wildman–Crippen LogP) is 0.797. The van der Waals surface area contributed by atoms with Crippen molar-refractivity contribution in [1.29, 1.82) is 0 Å². The van der Waals surface area contributed by atoms with E-state index in [1.807, 2.05) is 0 Å². The van der Waals surface area contributed by atoms with Gasteiger partial charge in [0.2, 0.25) is 17.7 Å². The summed E-state index contributed by atoms with van der Waals surface area (Å²) in [4.78, 5) is 40.3. The van der Waals surface area contributed by atoms with Crippen molar-refractivity contribution < 1.29 is 18.8 Å². The monoisotopic (exact) mass is 399 g/mol. The third kappa shape index (κ3) is 2.42. The van der Waals surface area contributed by atoms with E-state index in [9.17, 15) is 14.4 Å². The molecule has 1 aromatic heterocycles. The lowest BCUT2D eigenvalue weighted by Gasteiger charge is -2.68. The molecular formula is C20H25N5O4. The molecule has 3 amide bonds. The molecule has 4 saturated carbocycles. The highest BCUT2D eigenvalue weighted by Gasteiger charge is 2.75. The fourth-order valence-electron chi connectivity index (χ4n) is 5.82. The maximum absolute atomic E-state index is 13.0. The summed E-state index contributed by atoms with van der Waals surface area (Å²) in [6.45, 7) is 1.91. The van der Waals surface area contributed by atoms with E-state index >= 15 is 0 Å². The van der Waals surface area contributed by atoms with E-state index in [1.54, 1.807) is 9.80 Å². The van der Waals surface area contributed by atoms with Crippen molar-refractivity contribution in [3.8, 4) is 0 Å². The smallest absolute Gasteiger partial charge is 0.320 e. The minimum atomic E-state index is -0.347. The van der Waals surface area contributed by atoms with Gasteiger partial charge in [0, 0.05) is 37.5 Å². The minimum absolute atomic E-state index is 0.0727. The molecule has 0 spiro atoms. The number of aromatic nitrogens is 2. The molecule has 7 rings (SSSR count). The third-order valence-corrected chi connectivity index (χ3v) is 7.76. The Morgan fingerprint density at radius 2 is 1.66 bits per heavy atom. The second kappa shape index (κ2) is 5.58. The molecule has 1 aromatic rings. The summed E-state index contributed by atoms with van der Waals surface area (Å²) >= 11 is 0. The van der Waals surface area contributed by atoms with Gasteiger partial charge in [-0.25, -0.2) is 4.79 Å². The molecule has 29 heavy (non-hydrogen) atoms. The van der Waals surface area contributed by atoms with Crippen LogP contribution in [-0.4, -0.2) is 63.9 Å². The molecule has 2 bridgehead atoms. The second-order valence-corrected chi connectivity index (χ2v) is 9.89. The first-order chi connectivity index (χ1) is 13.9. The summed E-state index contributed by atoms with van der Waals surface area (Å²) in [7, 11) is 0. The largest absolute Gasteiger partial charge is 0.424 e. The summed E-state index contributed by atoms with van der Waals surface area (Å²) in [5.74, 6) is 1.56. The van der Waals surface area contributed by atoms with Crippen molar-refractivity contribution in [2.75, 3.05) is 26.2 Å². The van der Waals surface area contributed by atoms with Gasteiger partial charge in [0.1, 0.15) is 5.78 Å². The topological polar surface area (TPSA) is 123 Å². The van der Waals surface area contributed by atoms with Crippen LogP contribution in [0.4, 0.5) is 4.79 Å². The SMILES string of the molecule is NC(=O)[C@H]1CCN(C(=O)N2CC(C(=O)C34CC(c5nnc(C6CC6)o5)(C3)C4)C2)C1. The maximum atomic E-state index is 13.0. The average Bonchev–Trinajstić information content (AvgIpc) is 3.11. The lowest BCUT2D eigenvalue weighted by molar-refractivity contribution is -0.186. The number of rotatable bonds is 5. The zero-order valence-corrected chi connectivity index (χ0v) is 16.3. The highest BCUT2D eigenvalue weighted by atomic mass is 16.4. The summed E-state index contributed by atoms with van der Waals surface area (Å²) in [6.07, 6.45) is 5.32. The van der Waals surface area contributed by atoms with Gasteiger partial charge in [-0.1, -0.05) is 0 Å². The highest BCUT2D eigenvalue weighted by Crippen LogP contribution is 2.74. The molecule has 0 aromatic carbocycles. The second-order valence-electron chi connectivity index (χ2n) is 9.89. The number of carbonyl (C=O) groups is 3. The van der Waals surface area contributed by atoms with Crippen LogP contribution in [-0.2, 0) is 15.0 Å². The van der Waals surface area contributed by atoms with Gasteiger partial charge in [0.25, 0.3) is 0 Å². The van der Waals surface area contributed by atoms with Gasteiger partial charge in [-0.2, -0.15) is 0 Å². The van der Waals surface area contributed by atoms with E-state index in [2.05, 4.69) is 10.2 Å². The summed E-state index contributed by atoms with van der Waals surface area (Å²) < 4.78 is 5.88. The molecule has 9 nitrogen and oxygen atoms in total. The lowest BCUT2D eigenvalue weighted by Crippen LogP contribution is -2.71. The van der Waals surface area contributed by atoms with Crippen LogP contribution >= 0.6 is 0 Å². The van der Waals surface area contributed by atoms with E-state index < -0.39 is 0 Å². The number of hydrogen-bond donors (Lipinski definition) is 1. The quantitative estimate of drug-likeness (QED) is 0.781. The third-order valence-electron chi connectivity index (χ3n) is 7.76. The Balaban J connectivity index is 1.02. The van der Waals surface area contributed by atoms with Crippen LogP contribution in [0, 0.1) is 17.3 Å². The molecule has 6 aliphatic rings. The van der Waals surface area contributed by atoms with Crippen LogP contribution < -0.4 is 5.73 Å². The van der Waals surface area contributed by atoms with Crippen molar-refractivity contribution in [2.24, 2.45) is 23.0 Å². The molecular weight excluding hydrogens is 374 g/mol. The fraction of sp³-hybridized carbons (Fsp3) is 0.750. The Labute approximate surface area is 168 Å². The van der Waals surface area contributed by atoms with Crippen LogP contribution in [0.1, 0.15) is 56.2 Å². The molecule has 2 N–H and O–H groups in total. The number of ketones is 1. The highest BCUT2D eigenvalue weighted by molar-refractivity contribution is 5.93. The Morgan fingerprint density at radius 3 is 2.28 bits per heavy atom. The van der Waals surface area contributed by atoms with Gasteiger partial charge in [-0.3, -0.25) is 9.59 Å². The fourth-order valence-corrected chi connectivity index (χ4v) is 5.82. The first kappa shape index (κ1) is 17.4. The maximum Gasteiger partial charge on any atom is 0.320 e. The number of likely N-dealkylation sites (tertiary alicyclic amines) is 2. The Bertz CT molecular complexity index is 896. The number of primary amides is 1. The molecule has 3 heterocycles. The number of hydrogen-bond acceptors (Lipinski definition) is 6. The average molecular weight is 399 g/mol. The van der Waals surface area contributed by atoms with Gasteiger partial charge >= 0.3 is 6.03 Å². The summed E-state index contributed by atoms with van der Waals surface area (Å²) in [5.41, 5.74) is 5.03. The molecule has 0 radical (unpaired) electrons. The predicted molar refractivity (Wildman–Crippen MR) is 98.6 cm³/mol. The van der Waals surface area contributed by atoms with Gasteiger partial charge in [-0.15, -0.1) is 10.2 Å². The van der Waals surface area contributed by atoms with Gasteiger partial charge in [0.15, 0.2) is 0 Å². The zero-order chi connectivity index (χ0) is 20.0. The number of nitrogens with two attached hydrogens (primary N) is 1. The van der Waals surface area contributed by atoms with Crippen LogP contribution in [0.5, 0.6) is 0 Å². The molecule has 4 aliphatic carbocycles. The van der Waals surface area contributed by atoms with Crippen LogP contribution in [0.15, 0.2) is 4.42 Å². The molecule has 0 unspecified atom stereocenters. The standard InChI is InChI=1S/C20H25N5O4/c21-15(27)12-3-4-24(5-12)18(28)25-6-13(7-25)14(26)19-8-20(9-19,10-19)17-23-22-16(29-17)11-1-2-11/h11-13H,1-10H2,(H2,21,27)/t12-,19?,20?/m0/s1. The minimum Gasteiger partial charge on any atom is -0.424 e. The molecule has 154 valence electrons. The summed E-state index contributed by atoms with van der Waals surface area (Å²) in [6, 6.07) is -0.0784. The van der Waals surface area contributed by atoms with Gasteiger partial charge in [-0.05, 0) is 38.5 Å². The summed E-state index contributed by atoms with van der Waals surface area (Å²) in [5, 5.41) is 8.44. The van der Waals surface area contributed by atoms with E-state index in [1.165, 1.54) is 0 Å². The van der Waals surface area contributed by atoms with Crippen molar-refractivity contribution in [3.05, 3.63) is 11.8 Å². The van der Waals surface area contributed by atoms with Crippen LogP contribution in [0.3, 0.4) is 0 Å². The van der Waals surface area contributed by atoms with E-state index in [-0.39, 0.29) is 34.6 Å². The number of amides is 3. The molecule has 6 fully saturated rings. The van der Waals surface area contributed by atoms with Crippen molar-refractivity contribution >= 4 is 17.7 Å². The Morgan fingerprint density at radius 1 is 0.966 bits per heavy atom. The van der Waals surface area contributed by atoms with E-state index in [0.717, 1.165) is 43.9 Å². The van der Waals surface area contributed by atoms with Gasteiger partial charge in [0.05, 0.1) is 17.3 Å². The van der Waals surface area contributed by atoms with Crippen LogP contribution in [0.25, 0.3) is 0 Å². The van der Waals surface area contributed by atoms with E-state index in [0.29, 0.717) is 44.3 Å². The zero-order valence-electron chi connectivity index (χ0n) is 16.3. The number of Topliss-reactive ketones (excluding diaryl/α,β-unsaturated/α-hetero) is 1. The number of urea groups is 1. The van der Waals surface area contributed by atoms with Gasteiger partial charge < -0.3 is 20.0 Å². The molecule has 1 atom stereocenters. The molecule has 9 heteroatoms. The normalized spacial score (nSPS) is 35.7. The molecule has 2 aliphatic heterocycles. The number of nitrogens with zero attached hydrogens (tertiary/aromatic N) is 4. The van der Waals surface area contributed by atoms with Crippen molar-refractivity contribution in [3.63, 3.8) is 0 Å². The van der Waals surface area contributed by atoms with Crippen molar-refractivity contribution in [2.45, 2.75) is 49.9 Å². The van der Waals surface area contributed by atoms with Crippen molar-refractivity contribution in [1.82, 2.24) is 20.0 Å². The molecule has 2 saturated heterocycles. The Hall–Kier alpha value is -2.45. The first-order valence-electron chi connectivity index (χ1n) is 10.6. The first-order valence-corrected chi connectivity index (χ1v) is 10.6. The van der Waals surface area contributed by atoms with E-state index in [4.69, 9.17) is 10.2 Å². The number of carbonyl (C=O) groups excluding carboxylic acids is 3. The Kier molecular flexibility index (Phi) is 3.35.